The summed E-state index contributed by atoms with van der Waals surface area (Å²) in [6.07, 6.45) is 1.14. The summed E-state index contributed by atoms with van der Waals surface area (Å²) in [5.41, 5.74) is 0.641. The topological polar surface area (TPSA) is 24.5 Å². The van der Waals surface area contributed by atoms with Gasteiger partial charge in [0.05, 0.1) is 0 Å². The molecular weight excluding hydrogens is 248 g/mol. The van der Waals surface area contributed by atoms with E-state index in [0.717, 1.165) is 39.3 Å². The van der Waals surface area contributed by atoms with Gasteiger partial charge in [0.15, 0.2) is 0 Å². The molecule has 0 aromatic carbocycles. The number of nitrogens with zero attached hydrogens (tertiary/aromatic N) is 1. The SMILES string of the molecule is CCOCCCN1CC(C(C)(C)C)NCC1C(C)(C)C. The Bertz CT molecular complexity index is 278. The lowest BCUT2D eigenvalue weighted by Crippen LogP contribution is -2.63. The second-order valence-electron chi connectivity index (χ2n) is 8.25. The fraction of sp³-hybridized carbons (Fsp3) is 1.00. The summed E-state index contributed by atoms with van der Waals surface area (Å²) < 4.78 is 5.50. The van der Waals surface area contributed by atoms with Crippen molar-refractivity contribution >= 4 is 0 Å². The van der Waals surface area contributed by atoms with Gasteiger partial charge in [-0.3, -0.25) is 4.90 Å². The Labute approximate surface area is 126 Å². The lowest BCUT2D eigenvalue weighted by Gasteiger charge is -2.49. The molecule has 0 bridgehead atoms. The van der Waals surface area contributed by atoms with Crippen molar-refractivity contribution in [1.29, 1.82) is 0 Å². The average Bonchev–Trinajstić information content (AvgIpc) is 2.32. The molecule has 1 fully saturated rings. The van der Waals surface area contributed by atoms with Crippen LogP contribution in [0, 0.1) is 10.8 Å². The summed E-state index contributed by atoms with van der Waals surface area (Å²) in [6, 6.07) is 1.19. The third-order valence-corrected chi connectivity index (χ3v) is 4.40. The van der Waals surface area contributed by atoms with Crippen molar-refractivity contribution in [3.8, 4) is 0 Å². The van der Waals surface area contributed by atoms with E-state index in [2.05, 4.69) is 58.7 Å². The summed E-state index contributed by atoms with van der Waals surface area (Å²) in [6.45, 7) is 21.2. The Kier molecular flexibility index (Phi) is 6.49. The van der Waals surface area contributed by atoms with E-state index in [-0.39, 0.29) is 0 Å². The molecule has 3 nitrogen and oxygen atoms in total. The van der Waals surface area contributed by atoms with Crippen molar-refractivity contribution in [2.75, 3.05) is 32.8 Å². The van der Waals surface area contributed by atoms with Gasteiger partial charge in [-0.2, -0.15) is 0 Å². The van der Waals surface area contributed by atoms with Gasteiger partial charge in [0.25, 0.3) is 0 Å². The summed E-state index contributed by atoms with van der Waals surface area (Å²) in [7, 11) is 0. The van der Waals surface area contributed by atoms with Gasteiger partial charge in [0, 0.05) is 44.9 Å². The van der Waals surface area contributed by atoms with Gasteiger partial charge in [-0.25, -0.2) is 0 Å². The molecule has 0 aromatic heterocycles. The molecular formula is C17H36N2O. The van der Waals surface area contributed by atoms with Gasteiger partial charge < -0.3 is 10.1 Å². The average molecular weight is 284 g/mol. The first-order valence-corrected chi connectivity index (χ1v) is 8.21. The number of nitrogens with one attached hydrogen (secondary N) is 1. The van der Waals surface area contributed by atoms with Crippen LogP contribution in [0.15, 0.2) is 0 Å². The van der Waals surface area contributed by atoms with Gasteiger partial charge in [-0.15, -0.1) is 0 Å². The van der Waals surface area contributed by atoms with E-state index in [1.807, 2.05) is 0 Å². The zero-order valence-corrected chi connectivity index (χ0v) is 14.8. The van der Waals surface area contributed by atoms with Gasteiger partial charge >= 0.3 is 0 Å². The van der Waals surface area contributed by atoms with E-state index >= 15 is 0 Å². The minimum absolute atomic E-state index is 0.320. The molecule has 0 radical (unpaired) electrons. The largest absolute Gasteiger partial charge is 0.382 e. The number of hydrogen-bond acceptors (Lipinski definition) is 3. The van der Waals surface area contributed by atoms with Crippen molar-refractivity contribution in [1.82, 2.24) is 10.2 Å². The van der Waals surface area contributed by atoms with E-state index in [4.69, 9.17) is 4.74 Å². The highest BCUT2D eigenvalue weighted by atomic mass is 16.5. The highest BCUT2D eigenvalue weighted by Gasteiger charge is 2.38. The standard InChI is InChI=1S/C17H36N2O/c1-8-20-11-9-10-19-13-14(16(2,3)4)18-12-15(19)17(5,6)7/h14-15,18H,8-13H2,1-7H3. The normalized spacial score (nSPS) is 25.9. The van der Waals surface area contributed by atoms with E-state index in [1.165, 1.54) is 0 Å². The summed E-state index contributed by atoms with van der Waals surface area (Å²) in [5, 5.41) is 3.77. The maximum absolute atomic E-state index is 5.50. The third-order valence-electron chi connectivity index (χ3n) is 4.40. The maximum Gasteiger partial charge on any atom is 0.0478 e. The predicted molar refractivity (Wildman–Crippen MR) is 87.2 cm³/mol. The quantitative estimate of drug-likeness (QED) is 0.785. The van der Waals surface area contributed by atoms with E-state index < -0.39 is 0 Å². The Morgan fingerprint density at radius 2 is 1.75 bits per heavy atom. The van der Waals surface area contributed by atoms with Crippen LogP contribution in [-0.4, -0.2) is 49.8 Å². The molecule has 0 amide bonds. The van der Waals surface area contributed by atoms with E-state index in [0.29, 0.717) is 22.9 Å². The minimum Gasteiger partial charge on any atom is -0.382 e. The van der Waals surface area contributed by atoms with Crippen LogP contribution in [-0.2, 0) is 4.74 Å². The molecule has 3 heteroatoms. The zero-order chi connectivity index (χ0) is 15.4. The van der Waals surface area contributed by atoms with Crippen molar-refractivity contribution in [3.05, 3.63) is 0 Å². The molecule has 1 aliphatic rings. The lowest BCUT2D eigenvalue weighted by molar-refractivity contribution is 0.0232. The smallest absolute Gasteiger partial charge is 0.0478 e. The Morgan fingerprint density at radius 1 is 1.10 bits per heavy atom. The second kappa shape index (κ2) is 7.24. The number of hydrogen-bond donors (Lipinski definition) is 1. The fourth-order valence-electron chi connectivity index (χ4n) is 3.00. The van der Waals surface area contributed by atoms with Crippen LogP contribution in [0.5, 0.6) is 0 Å². The van der Waals surface area contributed by atoms with Crippen molar-refractivity contribution < 1.29 is 4.74 Å². The van der Waals surface area contributed by atoms with Gasteiger partial charge in [0.1, 0.15) is 0 Å². The molecule has 2 atom stereocenters. The van der Waals surface area contributed by atoms with Crippen molar-refractivity contribution in [3.63, 3.8) is 0 Å². The van der Waals surface area contributed by atoms with Crippen LogP contribution in [0.2, 0.25) is 0 Å². The molecule has 1 heterocycles. The molecule has 2 unspecified atom stereocenters. The second-order valence-corrected chi connectivity index (χ2v) is 8.25. The Balaban J connectivity index is 2.63. The summed E-state index contributed by atoms with van der Waals surface area (Å²) in [4.78, 5) is 2.69. The Morgan fingerprint density at radius 3 is 2.25 bits per heavy atom. The first-order chi connectivity index (χ1) is 9.16. The van der Waals surface area contributed by atoms with Gasteiger partial charge in [-0.05, 0) is 24.2 Å². The minimum atomic E-state index is 0.320. The van der Waals surface area contributed by atoms with Crippen molar-refractivity contribution in [2.45, 2.75) is 67.0 Å². The van der Waals surface area contributed by atoms with Crippen LogP contribution in [0.25, 0.3) is 0 Å². The van der Waals surface area contributed by atoms with Gasteiger partial charge in [0.2, 0.25) is 0 Å². The molecule has 20 heavy (non-hydrogen) atoms. The number of ether oxygens (including phenoxy) is 1. The van der Waals surface area contributed by atoms with Gasteiger partial charge in [-0.1, -0.05) is 41.5 Å². The van der Waals surface area contributed by atoms with Crippen molar-refractivity contribution in [2.24, 2.45) is 10.8 Å². The van der Waals surface area contributed by atoms with Crippen LogP contribution in [0.3, 0.4) is 0 Å². The first kappa shape index (κ1) is 17.9. The molecule has 0 spiro atoms. The van der Waals surface area contributed by atoms with Crippen LogP contribution >= 0.6 is 0 Å². The van der Waals surface area contributed by atoms with Crippen LogP contribution in [0.4, 0.5) is 0 Å². The molecule has 1 N–H and O–H groups in total. The number of piperazine rings is 1. The molecule has 1 aliphatic heterocycles. The van der Waals surface area contributed by atoms with E-state index in [9.17, 15) is 0 Å². The first-order valence-electron chi connectivity index (χ1n) is 8.21. The number of rotatable bonds is 5. The fourth-order valence-corrected chi connectivity index (χ4v) is 3.00. The van der Waals surface area contributed by atoms with E-state index in [1.54, 1.807) is 0 Å². The molecule has 0 aliphatic carbocycles. The van der Waals surface area contributed by atoms with Crippen LogP contribution < -0.4 is 5.32 Å². The molecule has 0 aromatic rings. The predicted octanol–water partition coefficient (Wildman–Crippen LogP) is 3.15. The van der Waals surface area contributed by atoms with Crippen LogP contribution in [0.1, 0.15) is 54.9 Å². The highest BCUT2D eigenvalue weighted by Crippen LogP contribution is 2.30. The summed E-state index contributed by atoms with van der Waals surface area (Å²) >= 11 is 0. The molecule has 1 saturated heterocycles. The molecule has 0 saturated carbocycles. The molecule has 1 rings (SSSR count). The lowest BCUT2D eigenvalue weighted by atomic mass is 9.79. The summed E-state index contributed by atoms with van der Waals surface area (Å²) in [5.74, 6) is 0. The maximum atomic E-state index is 5.50. The third kappa shape index (κ3) is 5.34. The molecule has 120 valence electrons. The monoisotopic (exact) mass is 284 g/mol. The zero-order valence-electron chi connectivity index (χ0n) is 14.8. The Hall–Kier alpha value is -0.120. The highest BCUT2D eigenvalue weighted by molar-refractivity contribution is 4.95.